The van der Waals surface area contributed by atoms with Gasteiger partial charge in [0.05, 0.1) is 46.2 Å². The molecular formula is C42H74O36. The number of rotatable bonds is 19. The van der Waals surface area contributed by atoms with Gasteiger partial charge in [-0.25, -0.2) is 0 Å². The molecule has 0 aromatic carbocycles. The van der Waals surface area contributed by atoms with Crippen LogP contribution in [0.4, 0.5) is 0 Å². The van der Waals surface area contributed by atoms with E-state index in [0.29, 0.717) is 0 Å². The van der Waals surface area contributed by atoms with E-state index in [1.54, 1.807) is 0 Å². The molecule has 78 heavy (non-hydrogen) atoms. The first-order valence-corrected chi connectivity index (χ1v) is 24.4. The average Bonchev–Trinajstić information content (AvgIpc) is 3.24. The Bertz CT molecular complexity index is 1840. The van der Waals surface area contributed by atoms with E-state index >= 15 is 0 Å². The van der Waals surface area contributed by atoms with Crippen LogP contribution in [0.2, 0.25) is 0 Å². The van der Waals surface area contributed by atoms with Gasteiger partial charge in [0.25, 0.3) is 0 Å². The Hall–Kier alpha value is -1.44. The molecule has 6 rings (SSSR count). The Kier molecular flexibility index (Phi) is 21.7. The molecule has 36 nitrogen and oxygen atoms in total. The molecule has 28 N–H and O–H groups in total. The van der Waals surface area contributed by atoms with Crippen LogP contribution in [0.1, 0.15) is 0 Å². The summed E-state index contributed by atoms with van der Waals surface area (Å²) in [6, 6.07) is 0. The lowest BCUT2D eigenvalue weighted by Crippen LogP contribution is -2.94. The van der Waals surface area contributed by atoms with Gasteiger partial charge in [0, 0.05) is 0 Å². The van der Waals surface area contributed by atoms with E-state index < -0.39 is 259 Å². The van der Waals surface area contributed by atoms with Gasteiger partial charge in [-0.1, -0.05) is 0 Å². The Morgan fingerprint density at radius 1 is 0.308 bits per heavy atom. The van der Waals surface area contributed by atoms with Crippen molar-refractivity contribution in [3.05, 3.63) is 0 Å². The van der Waals surface area contributed by atoms with Crippen molar-refractivity contribution in [3.63, 3.8) is 0 Å². The van der Waals surface area contributed by atoms with Gasteiger partial charge in [-0.15, -0.1) is 0 Å². The molecule has 34 atom stereocenters. The molecule has 0 saturated carbocycles. The Morgan fingerprint density at radius 2 is 0.564 bits per heavy atom. The van der Waals surface area contributed by atoms with Gasteiger partial charge in [0.2, 0.25) is 0 Å². The molecule has 0 aliphatic carbocycles. The molecule has 6 heterocycles. The lowest BCUT2D eigenvalue weighted by Gasteiger charge is -2.70. The topological polar surface area (TPSA) is 640 Å². The van der Waals surface area contributed by atoms with Crippen LogP contribution in [0.15, 0.2) is 0 Å². The van der Waals surface area contributed by atoms with Crippen LogP contribution in [-0.4, -0.2) is 402 Å². The van der Waals surface area contributed by atoms with Gasteiger partial charge in [-0.3, -0.25) is 0 Å². The molecule has 0 unspecified atom stereocenters. The molecule has 458 valence electrons. The zero-order valence-electron chi connectivity index (χ0n) is 40.7. The fourth-order valence-electron chi connectivity index (χ4n) is 11.3. The number of hydrogen-bond donors (Lipinski definition) is 28. The van der Waals surface area contributed by atoms with Gasteiger partial charge in [-0.2, -0.15) is 0 Å². The second kappa shape index (κ2) is 25.8. The van der Waals surface area contributed by atoms with Crippen molar-refractivity contribution < 1.29 is 181 Å². The second-order valence-corrected chi connectivity index (χ2v) is 20.2. The van der Waals surface area contributed by atoms with Gasteiger partial charge in [-0.05, 0) is 0 Å². The highest BCUT2D eigenvalue weighted by atomic mass is 16.8. The molecule has 36 heteroatoms. The molecule has 6 fully saturated rings. The first-order valence-electron chi connectivity index (χ1n) is 24.4. The SMILES string of the molecule is OC[C@@H](O)[C@@H](O)[C@@](O)([C@@H]1O[C@H](CO)[C@@H](O)[C@H](O)[C@H]1O)[C@](O[C@@H]1O[C@H](CO)[C@@H](O)[C@H](O)[C@H]1O)([C@@H]1O[C@H](CO)[C@@H](O)[C@H](O)[C@H]1O)C(O[C@@H]1O[C@H](CO)[C@@H](O)[C@H](O)[C@H]1O)([C@@H]1O[C@H](CO)[C@@H](O)[C@H](O)[C@H]1O)[C@@H]1O[C@H](CO)[C@@H](O)[C@H](O)[C@H]1O. The summed E-state index contributed by atoms with van der Waals surface area (Å²) in [5.41, 5.74) is -14.7. The predicted molar refractivity (Wildman–Crippen MR) is 234 cm³/mol. The highest BCUT2D eigenvalue weighted by Gasteiger charge is 2.86. The summed E-state index contributed by atoms with van der Waals surface area (Å²) < 4.78 is 48.2. The van der Waals surface area contributed by atoms with E-state index in [0.717, 1.165) is 0 Å². The molecule has 0 bridgehead atoms. The number of aliphatic hydroxyl groups is 28. The fourth-order valence-corrected chi connectivity index (χ4v) is 11.3. The Morgan fingerprint density at radius 3 is 0.885 bits per heavy atom. The monoisotopic (exact) mass is 1150 g/mol. The van der Waals surface area contributed by atoms with Crippen LogP contribution in [0.5, 0.6) is 0 Å². The minimum atomic E-state index is -5.02. The van der Waals surface area contributed by atoms with Crippen molar-refractivity contribution in [2.24, 2.45) is 0 Å². The number of hydrogen-bond acceptors (Lipinski definition) is 36. The lowest BCUT2D eigenvalue weighted by molar-refractivity contribution is -0.487. The lowest BCUT2D eigenvalue weighted by atomic mass is 9.53. The van der Waals surface area contributed by atoms with Crippen molar-refractivity contribution in [2.45, 2.75) is 213 Å². The summed E-state index contributed by atoms with van der Waals surface area (Å²) in [5, 5.41) is 324. The largest absolute Gasteiger partial charge is 0.394 e. The minimum Gasteiger partial charge on any atom is -0.394 e. The summed E-state index contributed by atoms with van der Waals surface area (Å²) in [6.45, 7) is -11.1. The molecular weight excluding hydrogens is 1080 g/mol. The summed E-state index contributed by atoms with van der Waals surface area (Å²) >= 11 is 0. The minimum absolute atomic E-state index is 1.42. The normalized spacial score (nSPS) is 50.3. The summed E-state index contributed by atoms with van der Waals surface area (Å²) in [7, 11) is 0. The molecule has 6 saturated heterocycles. The zero-order chi connectivity index (χ0) is 58.6. The quantitative estimate of drug-likeness (QED) is 0.0571. The average molecular weight is 1160 g/mol. The number of ether oxygens (including phenoxy) is 8. The maximum absolute atomic E-state index is 14.6. The standard InChI is InChI=1S/C42H74O36/c43-1-8(50)33(69)40(70,34-27(63)21(57)15(51)9(2-44)71-34)42(37-30(66)24(60)18(54)12(5-47)74-37,78-39-32(68)26(62)20(56)14(7-49)76-39)41(35-28(64)22(58)16(52)10(3-45)72-35,36-29(65)23(59)17(53)11(4-46)73-36)77-38-31(67)25(61)19(55)13(6-48)75-38/h8-39,43-70H,1-7H2/t8-,9-,10-,11-,12-,13-,14-,15-,16-,17-,18-,19-,20-,21+,22+,23+,24+,25+,26+,27-,28-,29-,30-,31-,32-,33-,34-,35-,36-,37-,38+,39+,40-,42-/m1/s1. The molecule has 0 amide bonds. The van der Waals surface area contributed by atoms with Crippen molar-refractivity contribution in [1.29, 1.82) is 0 Å². The van der Waals surface area contributed by atoms with Crippen LogP contribution < -0.4 is 0 Å². The van der Waals surface area contributed by atoms with Crippen molar-refractivity contribution >= 4 is 0 Å². The first-order chi connectivity index (χ1) is 36.6. The van der Waals surface area contributed by atoms with Crippen LogP contribution in [0, 0.1) is 0 Å². The maximum Gasteiger partial charge on any atom is 0.187 e. The molecule has 6 aliphatic rings. The maximum atomic E-state index is 14.6. The van der Waals surface area contributed by atoms with Crippen LogP contribution >= 0.6 is 0 Å². The number of aliphatic hydroxyl groups excluding tert-OH is 27. The van der Waals surface area contributed by atoms with E-state index in [1.165, 1.54) is 0 Å². The molecule has 0 spiro atoms. The van der Waals surface area contributed by atoms with Gasteiger partial charge >= 0.3 is 0 Å². The van der Waals surface area contributed by atoms with Crippen molar-refractivity contribution in [2.75, 3.05) is 46.2 Å². The molecule has 0 aromatic rings. The molecule has 6 aliphatic heterocycles. The highest BCUT2D eigenvalue weighted by Crippen LogP contribution is 2.59. The van der Waals surface area contributed by atoms with Gasteiger partial charge < -0.3 is 181 Å². The van der Waals surface area contributed by atoms with Gasteiger partial charge in [0.1, 0.15) is 183 Å². The summed E-state index contributed by atoms with van der Waals surface area (Å²) in [4.78, 5) is 0. The molecule has 0 aromatic heterocycles. The van der Waals surface area contributed by atoms with E-state index in [-0.39, 0.29) is 0 Å². The van der Waals surface area contributed by atoms with Crippen molar-refractivity contribution in [3.8, 4) is 0 Å². The van der Waals surface area contributed by atoms with Crippen molar-refractivity contribution in [1.82, 2.24) is 0 Å². The third kappa shape index (κ3) is 10.7. The van der Waals surface area contributed by atoms with Crippen LogP contribution in [0.3, 0.4) is 0 Å². The highest BCUT2D eigenvalue weighted by molar-refractivity contribution is 5.33. The van der Waals surface area contributed by atoms with Gasteiger partial charge in [0.15, 0.2) is 29.4 Å². The second-order valence-electron chi connectivity index (χ2n) is 20.2. The third-order valence-corrected chi connectivity index (χ3v) is 15.7. The summed E-state index contributed by atoms with van der Waals surface area (Å²) in [6.07, 6.45) is -93.5. The zero-order valence-corrected chi connectivity index (χ0v) is 40.7. The summed E-state index contributed by atoms with van der Waals surface area (Å²) in [5.74, 6) is 0. The van der Waals surface area contributed by atoms with Crippen LogP contribution in [0.25, 0.3) is 0 Å². The Labute approximate surface area is 439 Å². The van der Waals surface area contributed by atoms with E-state index in [1.807, 2.05) is 0 Å². The van der Waals surface area contributed by atoms with Crippen LogP contribution in [-0.2, 0) is 37.9 Å². The smallest absolute Gasteiger partial charge is 0.187 e. The Balaban J connectivity index is 2.02. The third-order valence-electron chi connectivity index (χ3n) is 15.7. The molecule has 0 radical (unpaired) electrons. The first kappa shape index (κ1) is 65.7. The predicted octanol–water partition coefficient (Wildman–Crippen LogP) is -19.1. The van der Waals surface area contributed by atoms with E-state index in [4.69, 9.17) is 37.9 Å². The fraction of sp³-hybridized carbons (Fsp3) is 1.00. The van der Waals surface area contributed by atoms with E-state index in [9.17, 15) is 143 Å². The van der Waals surface area contributed by atoms with E-state index in [2.05, 4.69) is 0 Å².